The Balaban J connectivity index is 2.79. The molecule has 0 fully saturated rings. The maximum absolute atomic E-state index is 11.6. The van der Waals surface area contributed by atoms with Crippen molar-refractivity contribution < 1.29 is 16.8 Å². The van der Waals surface area contributed by atoms with Crippen LogP contribution < -0.4 is 20.5 Å². The fourth-order valence-electron chi connectivity index (χ4n) is 1.44. The van der Waals surface area contributed by atoms with E-state index >= 15 is 0 Å². The Hall–Kier alpha value is -1.36. The van der Waals surface area contributed by atoms with Crippen LogP contribution in [0.1, 0.15) is 0 Å². The third-order valence-corrected chi connectivity index (χ3v) is 5.43. The number of rotatable bonds is 7. The van der Waals surface area contributed by atoms with E-state index in [1.165, 1.54) is 32.3 Å². The molecule has 0 saturated carbocycles. The predicted molar refractivity (Wildman–Crippen MR) is 78.4 cm³/mol. The van der Waals surface area contributed by atoms with E-state index in [-0.39, 0.29) is 22.9 Å². The van der Waals surface area contributed by atoms with E-state index < -0.39 is 20.0 Å². The molecule has 0 spiro atoms. The number of nitrogen functional groups attached to an aromatic ring is 1. The van der Waals surface area contributed by atoms with Gasteiger partial charge >= 0.3 is 0 Å². The van der Waals surface area contributed by atoms with E-state index in [4.69, 9.17) is 5.73 Å². The Labute approximate surface area is 118 Å². The van der Waals surface area contributed by atoms with Gasteiger partial charge in [-0.2, -0.15) is 0 Å². The molecule has 8 nitrogen and oxygen atoms in total. The average molecular weight is 322 g/mol. The molecule has 1 aromatic rings. The van der Waals surface area contributed by atoms with Gasteiger partial charge in [-0.15, -0.1) is 0 Å². The van der Waals surface area contributed by atoms with Crippen molar-refractivity contribution in [1.82, 2.24) is 9.44 Å². The highest BCUT2D eigenvalue weighted by atomic mass is 32.2. The van der Waals surface area contributed by atoms with Gasteiger partial charge in [-0.25, -0.2) is 26.3 Å². The predicted octanol–water partition coefficient (Wildman–Crippen LogP) is -0.862. The molecule has 0 aliphatic carbocycles. The van der Waals surface area contributed by atoms with Crippen LogP contribution in [0.25, 0.3) is 0 Å². The molecule has 0 aliphatic rings. The number of hydrogen-bond donors (Lipinski definition) is 4. The highest BCUT2D eigenvalue weighted by Crippen LogP contribution is 2.21. The number of nitrogens with two attached hydrogens (primary N) is 1. The van der Waals surface area contributed by atoms with Gasteiger partial charge in [0.25, 0.3) is 0 Å². The highest BCUT2D eigenvalue weighted by molar-refractivity contribution is 7.89. The van der Waals surface area contributed by atoms with E-state index in [0.29, 0.717) is 5.69 Å². The summed E-state index contributed by atoms with van der Waals surface area (Å²) in [4.78, 5) is -0.0200. The average Bonchev–Trinajstić information content (AvgIpc) is 2.38. The zero-order chi connectivity index (χ0) is 15.4. The first-order valence-electron chi connectivity index (χ1n) is 5.70. The van der Waals surface area contributed by atoms with Gasteiger partial charge in [0.05, 0.1) is 11.4 Å². The molecular formula is C10H18N4O4S2. The second-order valence-electron chi connectivity index (χ2n) is 3.91. The van der Waals surface area contributed by atoms with Crippen LogP contribution in [-0.2, 0) is 20.0 Å². The Kier molecular flexibility index (Phi) is 5.34. The fourth-order valence-corrected chi connectivity index (χ4v) is 2.86. The largest absolute Gasteiger partial charge is 0.398 e. The van der Waals surface area contributed by atoms with Crippen LogP contribution in [0.3, 0.4) is 0 Å². The molecule has 0 heterocycles. The van der Waals surface area contributed by atoms with Gasteiger partial charge in [0.15, 0.2) is 0 Å². The lowest BCUT2D eigenvalue weighted by atomic mass is 10.3. The third kappa shape index (κ3) is 4.34. The van der Waals surface area contributed by atoms with Gasteiger partial charge in [-0.1, -0.05) is 0 Å². The van der Waals surface area contributed by atoms with Crippen molar-refractivity contribution in [1.29, 1.82) is 0 Å². The van der Waals surface area contributed by atoms with Crippen LogP contribution >= 0.6 is 0 Å². The molecule has 10 heteroatoms. The monoisotopic (exact) mass is 322 g/mol. The molecule has 0 unspecified atom stereocenters. The minimum Gasteiger partial charge on any atom is -0.398 e. The Bertz CT molecular complexity index is 670. The van der Waals surface area contributed by atoms with Crippen LogP contribution in [0, 0.1) is 0 Å². The van der Waals surface area contributed by atoms with Gasteiger partial charge in [0.2, 0.25) is 20.0 Å². The van der Waals surface area contributed by atoms with Crippen molar-refractivity contribution in [2.75, 3.05) is 37.4 Å². The molecule has 0 aliphatic heterocycles. The lowest BCUT2D eigenvalue weighted by Crippen LogP contribution is -2.26. The maximum Gasteiger partial charge on any atom is 0.242 e. The zero-order valence-corrected chi connectivity index (χ0v) is 12.8. The van der Waals surface area contributed by atoms with E-state index in [1.54, 1.807) is 0 Å². The van der Waals surface area contributed by atoms with Crippen molar-refractivity contribution in [3.8, 4) is 0 Å². The molecule has 1 rings (SSSR count). The molecule has 1 aromatic carbocycles. The summed E-state index contributed by atoms with van der Waals surface area (Å²) in [5.74, 6) is -0.0973. The van der Waals surface area contributed by atoms with Crippen molar-refractivity contribution >= 4 is 31.4 Å². The fraction of sp³-hybridized carbons (Fsp3) is 0.400. The van der Waals surface area contributed by atoms with E-state index in [2.05, 4.69) is 14.8 Å². The molecule has 0 saturated heterocycles. The normalized spacial score (nSPS) is 12.3. The Morgan fingerprint density at radius 1 is 1.10 bits per heavy atom. The lowest BCUT2D eigenvalue weighted by Gasteiger charge is -2.10. The first kappa shape index (κ1) is 16.7. The standard InChI is InChI=1S/C10H18N4O4S2/c1-12-19(15,16)6-5-14-8-3-4-10(9(11)7-8)20(17,18)13-2/h3-4,7,12-14H,5-6,11H2,1-2H3. The molecular weight excluding hydrogens is 304 g/mol. The maximum atomic E-state index is 11.6. The van der Waals surface area contributed by atoms with Gasteiger partial charge in [-0.3, -0.25) is 0 Å². The summed E-state index contributed by atoms with van der Waals surface area (Å²) in [6, 6.07) is 4.32. The van der Waals surface area contributed by atoms with Crippen molar-refractivity contribution in [2.24, 2.45) is 0 Å². The molecule has 0 aromatic heterocycles. The van der Waals surface area contributed by atoms with E-state index in [0.717, 1.165) is 0 Å². The van der Waals surface area contributed by atoms with Crippen LogP contribution in [0.4, 0.5) is 11.4 Å². The summed E-state index contributed by atoms with van der Waals surface area (Å²) in [6.45, 7) is 0.181. The van der Waals surface area contributed by atoms with Crippen LogP contribution in [0.5, 0.6) is 0 Å². The molecule has 114 valence electrons. The Morgan fingerprint density at radius 2 is 1.75 bits per heavy atom. The zero-order valence-electron chi connectivity index (χ0n) is 11.2. The lowest BCUT2D eigenvalue weighted by molar-refractivity contribution is 0.587. The minimum absolute atomic E-state index is 0.0200. The summed E-state index contributed by atoms with van der Waals surface area (Å²) in [5, 5.41) is 2.86. The molecule has 0 bridgehead atoms. The highest BCUT2D eigenvalue weighted by Gasteiger charge is 2.15. The van der Waals surface area contributed by atoms with Crippen LogP contribution in [0.2, 0.25) is 0 Å². The quantitative estimate of drug-likeness (QED) is 0.483. The topological polar surface area (TPSA) is 130 Å². The minimum atomic E-state index is -3.60. The van der Waals surface area contributed by atoms with Gasteiger partial charge < -0.3 is 11.1 Å². The van der Waals surface area contributed by atoms with Crippen LogP contribution in [-0.4, -0.2) is 43.2 Å². The van der Waals surface area contributed by atoms with Gasteiger partial charge in [-0.05, 0) is 32.3 Å². The van der Waals surface area contributed by atoms with Crippen LogP contribution in [0.15, 0.2) is 23.1 Å². The first-order chi connectivity index (χ1) is 9.22. The summed E-state index contributed by atoms with van der Waals surface area (Å²) < 4.78 is 50.0. The molecule has 20 heavy (non-hydrogen) atoms. The molecule has 0 atom stereocenters. The van der Waals surface area contributed by atoms with Crippen molar-refractivity contribution in [3.05, 3.63) is 18.2 Å². The van der Waals surface area contributed by atoms with E-state index in [1.807, 2.05) is 0 Å². The van der Waals surface area contributed by atoms with Gasteiger partial charge in [0.1, 0.15) is 4.90 Å². The second kappa shape index (κ2) is 6.39. The second-order valence-corrected chi connectivity index (χ2v) is 7.81. The smallest absolute Gasteiger partial charge is 0.242 e. The number of nitrogens with one attached hydrogen (secondary N) is 3. The van der Waals surface area contributed by atoms with Crippen molar-refractivity contribution in [2.45, 2.75) is 4.90 Å². The third-order valence-electron chi connectivity index (χ3n) is 2.58. The summed E-state index contributed by atoms with van der Waals surface area (Å²) in [6.07, 6.45) is 0. The molecule has 5 N–H and O–H groups in total. The summed E-state index contributed by atoms with van der Waals surface area (Å²) >= 11 is 0. The van der Waals surface area contributed by atoms with Gasteiger partial charge in [0, 0.05) is 12.2 Å². The number of sulfonamides is 2. The molecule has 0 radical (unpaired) electrons. The number of anilines is 2. The van der Waals surface area contributed by atoms with Crippen molar-refractivity contribution in [3.63, 3.8) is 0 Å². The number of hydrogen-bond acceptors (Lipinski definition) is 6. The summed E-state index contributed by atoms with van der Waals surface area (Å²) in [5.41, 5.74) is 6.31. The Morgan fingerprint density at radius 3 is 2.25 bits per heavy atom. The molecule has 0 amide bonds. The first-order valence-corrected chi connectivity index (χ1v) is 8.83. The van der Waals surface area contributed by atoms with E-state index in [9.17, 15) is 16.8 Å². The summed E-state index contributed by atoms with van der Waals surface area (Å²) in [7, 11) is -4.25. The SMILES string of the molecule is CNS(=O)(=O)CCNc1ccc(S(=O)(=O)NC)c(N)c1. The number of benzene rings is 1.